The van der Waals surface area contributed by atoms with Gasteiger partial charge in [0.25, 0.3) is 0 Å². The SMILES string of the molecule is COc1ccc(CN(C)C(=O)NCc2cccc3ccccc23)cc1F. The Hall–Kier alpha value is -3.08. The first-order valence-electron chi connectivity index (χ1n) is 8.36. The van der Waals surface area contributed by atoms with E-state index in [9.17, 15) is 9.18 Å². The van der Waals surface area contributed by atoms with Gasteiger partial charge in [-0.05, 0) is 34.0 Å². The summed E-state index contributed by atoms with van der Waals surface area (Å²) in [6, 6.07) is 18.6. The van der Waals surface area contributed by atoms with Crippen LogP contribution in [0.5, 0.6) is 5.75 Å². The fourth-order valence-corrected chi connectivity index (χ4v) is 2.91. The third-order valence-corrected chi connectivity index (χ3v) is 4.29. The highest BCUT2D eigenvalue weighted by atomic mass is 19.1. The lowest BCUT2D eigenvalue weighted by Gasteiger charge is -2.19. The molecule has 3 aromatic carbocycles. The van der Waals surface area contributed by atoms with Gasteiger partial charge in [0.1, 0.15) is 0 Å². The van der Waals surface area contributed by atoms with Crippen molar-refractivity contribution in [2.45, 2.75) is 13.1 Å². The van der Waals surface area contributed by atoms with Crippen LogP contribution < -0.4 is 10.1 Å². The van der Waals surface area contributed by atoms with Crippen LogP contribution in [0, 0.1) is 5.82 Å². The van der Waals surface area contributed by atoms with Gasteiger partial charge in [-0.3, -0.25) is 0 Å². The van der Waals surface area contributed by atoms with Crippen LogP contribution in [0.1, 0.15) is 11.1 Å². The summed E-state index contributed by atoms with van der Waals surface area (Å²) in [6.45, 7) is 0.740. The lowest BCUT2D eigenvalue weighted by Crippen LogP contribution is -2.36. The second-order valence-electron chi connectivity index (χ2n) is 6.12. The number of rotatable bonds is 5. The van der Waals surface area contributed by atoms with Crippen molar-refractivity contribution >= 4 is 16.8 Å². The van der Waals surface area contributed by atoms with Gasteiger partial charge in [0.05, 0.1) is 7.11 Å². The van der Waals surface area contributed by atoms with Crippen molar-refractivity contribution in [2.24, 2.45) is 0 Å². The van der Waals surface area contributed by atoms with E-state index >= 15 is 0 Å². The van der Waals surface area contributed by atoms with Crippen LogP contribution in [0.15, 0.2) is 60.7 Å². The van der Waals surface area contributed by atoms with E-state index in [2.05, 4.69) is 5.32 Å². The van der Waals surface area contributed by atoms with Gasteiger partial charge in [-0.1, -0.05) is 48.5 Å². The Morgan fingerprint density at radius 2 is 1.88 bits per heavy atom. The number of nitrogens with one attached hydrogen (secondary N) is 1. The molecule has 0 aromatic heterocycles. The van der Waals surface area contributed by atoms with Crippen molar-refractivity contribution < 1.29 is 13.9 Å². The van der Waals surface area contributed by atoms with Crippen molar-refractivity contribution in [3.8, 4) is 5.75 Å². The maximum Gasteiger partial charge on any atom is 0.317 e. The zero-order valence-electron chi connectivity index (χ0n) is 14.8. The number of fused-ring (bicyclic) bond motifs is 1. The van der Waals surface area contributed by atoms with Crippen LogP contribution in [-0.2, 0) is 13.1 Å². The van der Waals surface area contributed by atoms with Gasteiger partial charge in [-0.15, -0.1) is 0 Å². The number of ether oxygens (including phenoxy) is 1. The number of hydrogen-bond donors (Lipinski definition) is 1. The van der Waals surface area contributed by atoms with Gasteiger partial charge in [0.15, 0.2) is 11.6 Å². The van der Waals surface area contributed by atoms with Crippen LogP contribution in [0.4, 0.5) is 9.18 Å². The molecule has 0 radical (unpaired) electrons. The number of carbonyl (C=O) groups excluding carboxylic acids is 1. The average Bonchev–Trinajstić information content (AvgIpc) is 2.66. The number of benzene rings is 3. The highest BCUT2D eigenvalue weighted by molar-refractivity contribution is 5.86. The summed E-state index contributed by atoms with van der Waals surface area (Å²) in [7, 11) is 3.10. The molecule has 3 rings (SSSR count). The second-order valence-corrected chi connectivity index (χ2v) is 6.12. The van der Waals surface area contributed by atoms with Gasteiger partial charge in [0, 0.05) is 20.1 Å². The molecular weight excluding hydrogens is 331 g/mol. The Kier molecular flexibility index (Phi) is 5.37. The molecule has 3 aromatic rings. The molecule has 2 amide bonds. The molecule has 26 heavy (non-hydrogen) atoms. The number of amides is 2. The van der Waals surface area contributed by atoms with E-state index < -0.39 is 5.82 Å². The molecule has 0 unspecified atom stereocenters. The zero-order valence-corrected chi connectivity index (χ0v) is 14.8. The number of hydrogen-bond acceptors (Lipinski definition) is 2. The zero-order chi connectivity index (χ0) is 18.5. The van der Waals surface area contributed by atoms with E-state index in [1.807, 2.05) is 42.5 Å². The van der Waals surface area contributed by atoms with Crippen molar-refractivity contribution in [2.75, 3.05) is 14.2 Å². The Morgan fingerprint density at radius 3 is 2.65 bits per heavy atom. The summed E-state index contributed by atoms with van der Waals surface area (Å²) in [6.07, 6.45) is 0. The number of halogens is 1. The highest BCUT2D eigenvalue weighted by Crippen LogP contribution is 2.19. The second kappa shape index (κ2) is 7.87. The van der Waals surface area contributed by atoms with Gasteiger partial charge < -0.3 is 15.0 Å². The van der Waals surface area contributed by atoms with E-state index in [1.165, 1.54) is 18.1 Å². The molecular formula is C21H21FN2O2. The lowest BCUT2D eigenvalue weighted by atomic mass is 10.0. The first kappa shape index (κ1) is 17.7. The van der Waals surface area contributed by atoms with Crippen molar-refractivity contribution in [3.05, 3.63) is 77.6 Å². The van der Waals surface area contributed by atoms with Crippen LogP contribution in [-0.4, -0.2) is 25.1 Å². The number of nitrogens with zero attached hydrogens (tertiary/aromatic N) is 1. The maximum atomic E-state index is 13.8. The number of carbonyl (C=O) groups is 1. The summed E-state index contributed by atoms with van der Waals surface area (Å²) in [5.74, 6) is -0.244. The van der Waals surface area contributed by atoms with Crippen LogP contribution in [0.2, 0.25) is 0 Å². The van der Waals surface area contributed by atoms with E-state index in [0.717, 1.165) is 16.3 Å². The minimum atomic E-state index is -0.436. The normalized spacial score (nSPS) is 10.6. The summed E-state index contributed by atoms with van der Waals surface area (Å²) in [4.78, 5) is 13.9. The third-order valence-electron chi connectivity index (χ3n) is 4.29. The molecule has 0 spiro atoms. The molecule has 0 saturated heterocycles. The van der Waals surface area contributed by atoms with Crippen molar-refractivity contribution in [3.63, 3.8) is 0 Å². The summed E-state index contributed by atoms with van der Waals surface area (Å²) >= 11 is 0. The molecule has 0 aliphatic rings. The predicted octanol–water partition coefficient (Wildman–Crippen LogP) is 4.33. The van der Waals surface area contributed by atoms with E-state index in [1.54, 1.807) is 19.2 Å². The molecule has 1 N–H and O–H groups in total. The number of methoxy groups -OCH3 is 1. The Balaban J connectivity index is 1.63. The van der Waals surface area contributed by atoms with Gasteiger partial charge >= 0.3 is 6.03 Å². The quantitative estimate of drug-likeness (QED) is 0.743. The fourth-order valence-electron chi connectivity index (χ4n) is 2.91. The highest BCUT2D eigenvalue weighted by Gasteiger charge is 2.11. The standard InChI is InChI=1S/C21H21FN2O2/c1-24(14-15-10-11-20(26-2)19(22)12-15)21(25)23-13-17-8-5-7-16-6-3-4-9-18(16)17/h3-12H,13-14H2,1-2H3,(H,23,25). The van der Waals surface area contributed by atoms with Crippen LogP contribution in [0.25, 0.3) is 10.8 Å². The molecule has 134 valence electrons. The molecule has 0 aliphatic heterocycles. The predicted molar refractivity (Wildman–Crippen MR) is 101 cm³/mol. The van der Waals surface area contributed by atoms with Crippen molar-refractivity contribution in [1.29, 1.82) is 0 Å². The van der Waals surface area contributed by atoms with Crippen molar-refractivity contribution in [1.82, 2.24) is 10.2 Å². The average molecular weight is 352 g/mol. The fraction of sp³-hybridized carbons (Fsp3) is 0.190. The lowest BCUT2D eigenvalue weighted by molar-refractivity contribution is 0.206. The first-order valence-corrected chi connectivity index (χ1v) is 8.36. The molecule has 0 saturated carbocycles. The Labute approximate surface area is 152 Å². The van der Waals surface area contributed by atoms with Crippen LogP contribution >= 0.6 is 0 Å². The topological polar surface area (TPSA) is 41.6 Å². The van der Waals surface area contributed by atoms with Gasteiger partial charge in [0.2, 0.25) is 0 Å². The van der Waals surface area contributed by atoms with Crippen LogP contribution in [0.3, 0.4) is 0 Å². The molecule has 5 heteroatoms. The largest absolute Gasteiger partial charge is 0.494 e. The summed E-state index contributed by atoms with van der Waals surface area (Å²) in [5.41, 5.74) is 1.76. The van der Waals surface area contributed by atoms with Gasteiger partial charge in [-0.2, -0.15) is 0 Å². The molecule has 0 bridgehead atoms. The molecule has 0 fully saturated rings. The molecule has 0 heterocycles. The Morgan fingerprint density at radius 1 is 1.12 bits per heavy atom. The number of urea groups is 1. The molecule has 0 atom stereocenters. The van der Waals surface area contributed by atoms with E-state index in [-0.39, 0.29) is 11.8 Å². The maximum absolute atomic E-state index is 13.8. The van der Waals surface area contributed by atoms with E-state index in [4.69, 9.17) is 4.74 Å². The van der Waals surface area contributed by atoms with Gasteiger partial charge in [-0.25, -0.2) is 9.18 Å². The smallest absolute Gasteiger partial charge is 0.317 e. The minimum Gasteiger partial charge on any atom is -0.494 e. The molecule has 0 aliphatic carbocycles. The monoisotopic (exact) mass is 352 g/mol. The first-order chi connectivity index (χ1) is 12.6. The third kappa shape index (κ3) is 3.94. The summed E-state index contributed by atoms with van der Waals surface area (Å²) in [5, 5.41) is 5.18. The summed E-state index contributed by atoms with van der Waals surface area (Å²) < 4.78 is 18.7. The van der Waals surface area contributed by atoms with E-state index in [0.29, 0.717) is 18.7 Å². The minimum absolute atomic E-state index is 0.191. The molecule has 4 nitrogen and oxygen atoms in total. The Bertz CT molecular complexity index is 922.